The minimum absolute atomic E-state index is 0.00470. The summed E-state index contributed by atoms with van der Waals surface area (Å²) in [4.78, 5) is 24.5. The molecule has 0 heterocycles. The van der Waals surface area contributed by atoms with Crippen LogP contribution in [0.25, 0.3) is 0 Å². The predicted molar refractivity (Wildman–Crippen MR) is 292 cm³/mol. The van der Waals surface area contributed by atoms with Crippen molar-refractivity contribution in [1.82, 2.24) is 5.32 Å². The smallest absolute Gasteiger partial charge is 0.305 e. The number of aliphatic hydroxyl groups is 2. The van der Waals surface area contributed by atoms with Gasteiger partial charge in [0.2, 0.25) is 5.91 Å². The molecule has 396 valence electrons. The average molecular weight is 945 g/mol. The largest absolute Gasteiger partial charge is 0.466 e. The van der Waals surface area contributed by atoms with E-state index in [9.17, 15) is 19.8 Å². The maximum Gasteiger partial charge on any atom is 0.305 e. The van der Waals surface area contributed by atoms with Gasteiger partial charge in [0, 0.05) is 12.8 Å². The van der Waals surface area contributed by atoms with Gasteiger partial charge in [-0.15, -0.1) is 0 Å². The number of nitrogens with one attached hydrogen (secondary N) is 1. The van der Waals surface area contributed by atoms with Crippen LogP contribution in [0.15, 0.2) is 24.3 Å². The summed E-state index contributed by atoms with van der Waals surface area (Å²) in [7, 11) is 0. The van der Waals surface area contributed by atoms with E-state index < -0.39 is 12.1 Å². The Bertz CT molecular complexity index is 1040. The van der Waals surface area contributed by atoms with Gasteiger partial charge in [-0.1, -0.05) is 282 Å². The summed E-state index contributed by atoms with van der Waals surface area (Å²) < 4.78 is 5.48. The molecule has 0 aromatic rings. The van der Waals surface area contributed by atoms with E-state index in [2.05, 4.69) is 31.3 Å². The molecule has 0 saturated heterocycles. The minimum Gasteiger partial charge on any atom is -0.466 e. The highest BCUT2D eigenvalue weighted by atomic mass is 16.5. The van der Waals surface area contributed by atoms with E-state index in [1.165, 1.54) is 244 Å². The van der Waals surface area contributed by atoms with Gasteiger partial charge in [0.25, 0.3) is 0 Å². The van der Waals surface area contributed by atoms with E-state index in [0.717, 1.165) is 57.8 Å². The molecular weight excluding hydrogens is 827 g/mol. The average Bonchev–Trinajstić information content (AvgIpc) is 3.33. The number of aliphatic hydroxyl groups excluding tert-OH is 2. The second-order valence-electron chi connectivity index (χ2n) is 20.7. The number of hydrogen-bond acceptors (Lipinski definition) is 5. The van der Waals surface area contributed by atoms with E-state index in [-0.39, 0.29) is 18.5 Å². The summed E-state index contributed by atoms with van der Waals surface area (Å²) in [5, 5.41) is 23.1. The van der Waals surface area contributed by atoms with E-state index in [1.54, 1.807) is 6.08 Å². The van der Waals surface area contributed by atoms with Crippen LogP contribution in [0.4, 0.5) is 0 Å². The molecule has 0 aromatic heterocycles. The number of hydrogen-bond donors (Lipinski definition) is 3. The molecule has 3 N–H and O–H groups in total. The Labute approximate surface area is 418 Å². The van der Waals surface area contributed by atoms with Crippen LogP contribution in [-0.2, 0) is 14.3 Å². The molecule has 0 spiro atoms. The van der Waals surface area contributed by atoms with Crippen molar-refractivity contribution < 1.29 is 24.5 Å². The van der Waals surface area contributed by atoms with Crippen molar-refractivity contribution in [3.8, 4) is 0 Å². The van der Waals surface area contributed by atoms with Crippen molar-refractivity contribution in [3.63, 3.8) is 0 Å². The molecule has 2 atom stereocenters. The molecule has 67 heavy (non-hydrogen) atoms. The van der Waals surface area contributed by atoms with Crippen molar-refractivity contribution in [3.05, 3.63) is 24.3 Å². The van der Waals surface area contributed by atoms with Crippen molar-refractivity contribution >= 4 is 11.9 Å². The summed E-state index contributed by atoms with van der Waals surface area (Å²) in [5.41, 5.74) is 0. The van der Waals surface area contributed by atoms with Crippen LogP contribution in [0.2, 0.25) is 0 Å². The Morgan fingerprint density at radius 1 is 0.403 bits per heavy atom. The van der Waals surface area contributed by atoms with Gasteiger partial charge in [-0.05, 0) is 57.8 Å². The van der Waals surface area contributed by atoms with Gasteiger partial charge < -0.3 is 20.3 Å². The highest BCUT2D eigenvalue weighted by Crippen LogP contribution is 2.17. The Morgan fingerprint density at radius 2 is 0.701 bits per heavy atom. The topological polar surface area (TPSA) is 95.9 Å². The van der Waals surface area contributed by atoms with Crippen LogP contribution >= 0.6 is 0 Å². The fraction of sp³-hybridized carbons (Fsp3) is 0.902. The molecule has 0 rings (SSSR count). The lowest BCUT2D eigenvalue weighted by atomic mass is 10.0. The van der Waals surface area contributed by atoms with E-state index in [1.807, 2.05) is 6.08 Å². The standard InChI is InChI=1S/C61H117NO5/c1-3-5-7-9-11-13-15-17-19-20-23-26-29-33-37-41-45-49-53-59(64)58(57-63)62-60(65)54-50-46-42-38-34-30-27-24-21-22-25-28-32-36-40-44-48-52-56-67-61(66)55-51-47-43-39-35-31-18-16-14-12-10-8-6-4-2/h24,27,49,53,58-59,63-64H,3-23,25-26,28-48,50-52,54-57H2,1-2H3,(H,62,65)/b27-24-,53-49+. The fourth-order valence-corrected chi connectivity index (χ4v) is 9.34. The van der Waals surface area contributed by atoms with E-state index in [4.69, 9.17) is 4.74 Å². The van der Waals surface area contributed by atoms with E-state index in [0.29, 0.717) is 19.4 Å². The first-order valence-electron chi connectivity index (χ1n) is 30.1. The number of rotatable bonds is 56. The first-order valence-corrected chi connectivity index (χ1v) is 30.1. The number of allylic oxidation sites excluding steroid dienone is 3. The zero-order chi connectivity index (χ0) is 48.6. The molecule has 0 bridgehead atoms. The van der Waals surface area contributed by atoms with Crippen LogP contribution in [0.3, 0.4) is 0 Å². The summed E-state index contributed by atoms with van der Waals surface area (Å²) in [6, 6.07) is -0.638. The lowest BCUT2D eigenvalue weighted by Gasteiger charge is -2.20. The molecule has 0 aromatic carbocycles. The monoisotopic (exact) mass is 944 g/mol. The third-order valence-corrected chi connectivity index (χ3v) is 14.0. The quantitative estimate of drug-likeness (QED) is 0.0321. The van der Waals surface area contributed by atoms with Gasteiger partial charge in [-0.2, -0.15) is 0 Å². The molecule has 0 fully saturated rings. The zero-order valence-corrected chi connectivity index (χ0v) is 45.1. The molecule has 2 unspecified atom stereocenters. The van der Waals surface area contributed by atoms with Crippen LogP contribution in [0.1, 0.15) is 328 Å². The first kappa shape index (κ1) is 65.3. The zero-order valence-electron chi connectivity index (χ0n) is 45.1. The van der Waals surface area contributed by atoms with Gasteiger partial charge in [0.15, 0.2) is 0 Å². The summed E-state index contributed by atoms with van der Waals surface area (Å²) in [6.45, 7) is 4.91. The number of ether oxygens (including phenoxy) is 1. The summed E-state index contributed by atoms with van der Waals surface area (Å²) in [5.74, 6) is -0.0753. The second kappa shape index (κ2) is 56.9. The van der Waals surface area contributed by atoms with Gasteiger partial charge in [-0.25, -0.2) is 0 Å². The fourth-order valence-electron chi connectivity index (χ4n) is 9.34. The lowest BCUT2D eigenvalue weighted by molar-refractivity contribution is -0.143. The number of esters is 1. The minimum atomic E-state index is -0.853. The SMILES string of the molecule is CCCCCCCCCCCCCCCCCC/C=C/C(O)C(CO)NC(=O)CCCCCCC/C=C\CCCCCCCCCCCOC(=O)CCCCCCCCCCCCCCCC. The molecular formula is C61H117NO5. The first-order chi connectivity index (χ1) is 33.0. The molecule has 0 aliphatic rings. The van der Waals surface area contributed by atoms with Crippen LogP contribution in [-0.4, -0.2) is 47.4 Å². The second-order valence-corrected chi connectivity index (χ2v) is 20.7. The van der Waals surface area contributed by atoms with Crippen molar-refractivity contribution in [2.45, 2.75) is 341 Å². The normalized spacial score (nSPS) is 12.7. The molecule has 0 saturated carbocycles. The molecule has 0 aliphatic carbocycles. The maximum atomic E-state index is 12.5. The number of amides is 1. The number of unbranched alkanes of at least 4 members (excludes halogenated alkanes) is 43. The molecule has 0 radical (unpaired) electrons. The predicted octanol–water partition coefficient (Wildman–Crippen LogP) is 18.6. The Hall–Kier alpha value is -1.66. The van der Waals surface area contributed by atoms with Crippen molar-refractivity contribution in [2.24, 2.45) is 0 Å². The summed E-state index contributed by atoms with van der Waals surface area (Å²) in [6.07, 6.45) is 69.2. The van der Waals surface area contributed by atoms with Gasteiger partial charge >= 0.3 is 5.97 Å². The highest BCUT2D eigenvalue weighted by Gasteiger charge is 2.18. The highest BCUT2D eigenvalue weighted by molar-refractivity contribution is 5.76. The van der Waals surface area contributed by atoms with Gasteiger partial charge in [0.05, 0.1) is 25.4 Å². The van der Waals surface area contributed by atoms with Crippen LogP contribution in [0, 0.1) is 0 Å². The van der Waals surface area contributed by atoms with Crippen molar-refractivity contribution in [1.29, 1.82) is 0 Å². The Kier molecular flexibility index (Phi) is 55.5. The molecule has 1 amide bonds. The van der Waals surface area contributed by atoms with Crippen LogP contribution < -0.4 is 5.32 Å². The third-order valence-electron chi connectivity index (χ3n) is 14.0. The van der Waals surface area contributed by atoms with Crippen LogP contribution in [0.5, 0.6) is 0 Å². The Morgan fingerprint density at radius 3 is 1.06 bits per heavy atom. The third kappa shape index (κ3) is 53.5. The van der Waals surface area contributed by atoms with Gasteiger partial charge in [-0.3, -0.25) is 9.59 Å². The van der Waals surface area contributed by atoms with Crippen molar-refractivity contribution in [2.75, 3.05) is 13.2 Å². The van der Waals surface area contributed by atoms with Gasteiger partial charge in [0.1, 0.15) is 0 Å². The van der Waals surface area contributed by atoms with E-state index >= 15 is 0 Å². The summed E-state index contributed by atoms with van der Waals surface area (Å²) >= 11 is 0. The number of carbonyl (C=O) groups excluding carboxylic acids is 2. The molecule has 6 heteroatoms. The number of carbonyl (C=O) groups is 2. The molecule has 6 nitrogen and oxygen atoms in total. The lowest BCUT2D eigenvalue weighted by Crippen LogP contribution is -2.45. The Balaban J connectivity index is 3.47. The maximum absolute atomic E-state index is 12.5. The molecule has 0 aliphatic heterocycles.